The Labute approximate surface area is 104 Å². The smallest absolute Gasteiger partial charge is 0.166 e. The largest absolute Gasteiger partial charge is 0.385 e. The van der Waals surface area contributed by atoms with Gasteiger partial charge in [0.2, 0.25) is 0 Å². The van der Waals surface area contributed by atoms with Crippen molar-refractivity contribution < 1.29 is 9.47 Å². The molecule has 0 aliphatic rings. The zero-order valence-corrected chi connectivity index (χ0v) is 11.6. The van der Waals surface area contributed by atoms with Gasteiger partial charge in [0.1, 0.15) is 0 Å². The minimum Gasteiger partial charge on any atom is -0.385 e. The van der Waals surface area contributed by atoms with Gasteiger partial charge in [0.05, 0.1) is 6.61 Å². The highest BCUT2D eigenvalue weighted by atomic mass is 32.1. The lowest BCUT2D eigenvalue weighted by Gasteiger charge is -2.25. The van der Waals surface area contributed by atoms with Gasteiger partial charge < -0.3 is 20.1 Å². The summed E-state index contributed by atoms with van der Waals surface area (Å²) in [5.41, 5.74) is 0.184. The van der Waals surface area contributed by atoms with E-state index in [1.807, 2.05) is 0 Å². The highest BCUT2D eigenvalue weighted by Crippen LogP contribution is 2.18. The van der Waals surface area contributed by atoms with Crippen molar-refractivity contribution in [2.45, 2.75) is 20.3 Å². The van der Waals surface area contributed by atoms with Crippen LogP contribution in [0.4, 0.5) is 0 Å². The molecule has 0 fully saturated rings. The molecule has 96 valence electrons. The van der Waals surface area contributed by atoms with E-state index in [0.717, 1.165) is 26.1 Å². The van der Waals surface area contributed by atoms with Crippen LogP contribution in [0.5, 0.6) is 0 Å². The van der Waals surface area contributed by atoms with Gasteiger partial charge in [-0.15, -0.1) is 0 Å². The maximum Gasteiger partial charge on any atom is 0.166 e. The maximum atomic E-state index is 5.14. The minimum atomic E-state index is 0.184. The summed E-state index contributed by atoms with van der Waals surface area (Å²) in [4.78, 5) is 0. The number of methoxy groups -OCH3 is 2. The second-order valence-electron chi connectivity index (χ2n) is 4.51. The maximum absolute atomic E-state index is 5.14. The molecule has 0 aliphatic heterocycles. The van der Waals surface area contributed by atoms with Crippen LogP contribution >= 0.6 is 12.2 Å². The molecule has 2 N–H and O–H groups in total. The van der Waals surface area contributed by atoms with Crippen LogP contribution in [0.3, 0.4) is 0 Å². The molecule has 5 heteroatoms. The second-order valence-corrected chi connectivity index (χ2v) is 4.92. The van der Waals surface area contributed by atoms with E-state index in [4.69, 9.17) is 21.7 Å². The molecule has 0 aromatic carbocycles. The average Bonchev–Trinajstić information content (AvgIpc) is 2.24. The molecule has 0 amide bonds. The summed E-state index contributed by atoms with van der Waals surface area (Å²) in [7, 11) is 3.40. The quantitative estimate of drug-likeness (QED) is 0.498. The van der Waals surface area contributed by atoms with E-state index in [2.05, 4.69) is 24.5 Å². The third-order valence-electron chi connectivity index (χ3n) is 2.30. The van der Waals surface area contributed by atoms with Gasteiger partial charge in [0, 0.05) is 33.9 Å². The van der Waals surface area contributed by atoms with Gasteiger partial charge in [-0.25, -0.2) is 0 Å². The number of thiocarbonyl (C=S) groups is 1. The van der Waals surface area contributed by atoms with E-state index < -0.39 is 0 Å². The Kier molecular flexibility index (Phi) is 8.51. The summed E-state index contributed by atoms with van der Waals surface area (Å²) >= 11 is 5.14. The Morgan fingerprint density at radius 1 is 1.12 bits per heavy atom. The summed E-state index contributed by atoms with van der Waals surface area (Å²) < 4.78 is 10.00. The van der Waals surface area contributed by atoms with Gasteiger partial charge in [-0.1, -0.05) is 13.8 Å². The van der Waals surface area contributed by atoms with E-state index in [0.29, 0.717) is 11.7 Å². The van der Waals surface area contributed by atoms with Crippen molar-refractivity contribution >= 4 is 17.3 Å². The van der Waals surface area contributed by atoms with Gasteiger partial charge in [-0.2, -0.15) is 0 Å². The summed E-state index contributed by atoms with van der Waals surface area (Å²) in [6, 6.07) is 0. The summed E-state index contributed by atoms with van der Waals surface area (Å²) in [5, 5.41) is 6.96. The van der Waals surface area contributed by atoms with Gasteiger partial charge in [-0.3, -0.25) is 0 Å². The molecular formula is C11H24N2O2S. The summed E-state index contributed by atoms with van der Waals surface area (Å²) in [6.07, 6.45) is 1.01. The lowest BCUT2D eigenvalue weighted by Crippen LogP contribution is -2.41. The monoisotopic (exact) mass is 248 g/mol. The number of nitrogens with one attached hydrogen (secondary N) is 2. The Morgan fingerprint density at radius 3 is 2.31 bits per heavy atom. The molecule has 0 bridgehead atoms. The van der Waals surface area contributed by atoms with E-state index in [-0.39, 0.29) is 5.41 Å². The molecule has 0 aliphatic carbocycles. The normalized spacial score (nSPS) is 11.2. The van der Waals surface area contributed by atoms with Crippen molar-refractivity contribution in [2.24, 2.45) is 5.41 Å². The fraction of sp³-hybridized carbons (Fsp3) is 0.909. The Hall–Kier alpha value is -0.390. The molecule has 0 radical (unpaired) electrons. The number of rotatable bonds is 8. The molecule has 4 nitrogen and oxygen atoms in total. The summed E-state index contributed by atoms with van der Waals surface area (Å²) in [6.45, 7) is 7.40. The Bertz CT molecular complexity index is 198. The van der Waals surface area contributed by atoms with Crippen molar-refractivity contribution in [3.8, 4) is 0 Å². The molecule has 0 rings (SSSR count). The molecule has 0 aromatic rings. The molecular weight excluding hydrogens is 224 g/mol. The number of ether oxygens (including phenoxy) is 2. The first kappa shape index (κ1) is 15.6. The van der Waals surface area contributed by atoms with E-state index in [1.165, 1.54) is 0 Å². The van der Waals surface area contributed by atoms with Crippen LogP contribution in [-0.4, -0.2) is 45.6 Å². The van der Waals surface area contributed by atoms with Crippen LogP contribution < -0.4 is 10.6 Å². The third-order valence-corrected chi connectivity index (χ3v) is 2.59. The lowest BCUT2D eigenvalue weighted by atomic mass is 9.90. The molecule has 0 saturated heterocycles. The van der Waals surface area contributed by atoms with E-state index in [1.54, 1.807) is 14.2 Å². The predicted octanol–water partition coefficient (Wildman–Crippen LogP) is 1.16. The summed E-state index contributed by atoms with van der Waals surface area (Å²) in [5.74, 6) is 0. The predicted molar refractivity (Wildman–Crippen MR) is 70.8 cm³/mol. The Balaban J connectivity index is 3.64. The highest BCUT2D eigenvalue weighted by Gasteiger charge is 2.17. The van der Waals surface area contributed by atoms with Crippen LogP contribution in [-0.2, 0) is 9.47 Å². The SMILES string of the molecule is COCCNC(=S)NCC(C)(C)CCOC. The number of hydrogen-bond acceptors (Lipinski definition) is 3. The van der Waals surface area contributed by atoms with Crippen LogP contribution in [0.15, 0.2) is 0 Å². The first-order chi connectivity index (χ1) is 7.52. The molecule has 0 spiro atoms. The van der Waals surface area contributed by atoms with E-state index >= 15 is 0 Å². The highest BCUT2D eigenvalue weighted by molar-refractivity contribution is 7.80. The lowest BCUT2D eigenvalue weighted by molar-refractivity contribution is 0.153. The molecule has 0 aromatic heterocycles. The third kappa shape index (κ3) is 8.88. The zero-order valence-electron chi connectivity index (χ0n) is 10.8. The van der Waals surface area contributed by atoms with Gasteiger partial charge >= 0.3 is 0 Å². The van der Waals surface area contributed by atoms with Crippen molar-refractivity contribution in [1.29, 1.82) is 0 Å². The number of hydrogen-bond donors (Lipinski definition) is 2. The van der Waals surface area contributed by atoms with Gasteiger partial charge in [0.15, 0.2) is 5.11 Å². The van der Waals surface area contributed by atoms with Crippen molar-refractivity contribution in [3.63, 3.8) is 0 Å². The average molecular weight is 248 g/mol. The zero-order chi connectivity index (χ0) is 12.4. The second kappa shape index (κ2) is 8.73. The molecule has 0 heterocycles. The van der Waals surface area contributed by atoms with Crippen molar-refractivity contribution in [1.82, 2.24) is 10.6 Å². The molecule has 0 atom stereocenters. The standard InChI is InChI=1S/C11H24N2O2S/c1-11(2,5-7-14-3)9-13-10(16)12-6-8-15-4/h5-9H2,1-4H3,(H2,12,13,16). The molecule has 16 heavy (non-hydrogen) atoms. The Morgan fingerprint density at radius 2 is 1.75 bits per heavy atom. The first-order valence-electron chi connectivity index (χ1n) is 5.51. The van der Waals surface area contributed by atoms with Crippen LogP contribution in [0, 0.1) is 5.41 Å². The van der Waals surface area contributed by atoms with Crippen molar-refractivity contribution in [3.05, 3.63) is 0 Å². The first-order valence-corrected chi connectivity index (χ1v) is 5.92. The fourth-order valence-electron chi connectivity index (χ4n) is 1.12. The molecule has 0 saturated carbocycles. The van der Waals surface area contributed by atoms with E-state index in [9.17, 15) is 0 Å². The van der Waals surface area contributed by atoms with Crippen LogP contribution in [0.25, 0.3) is 0 Å². The van der Waals surface area contributed by atoms with Gasteiger partial charge in [-0.05, 0) is 24.1 Å². The van der Waals surface area contributed by atoms with Gasteiger partial charge in [0.25, 0.3) is 0 Å². The molecule has 0 unspecified atom stereocenters. The fourth-order valence-corrected chi connectivity index (χ4v) is 1.29. The van der Waals surface area contributed by atoms with Crippen LogP contribution in [0.2, 0.25) is 0 Å². The van der Waals surface area contributed by atoms with Crippen molar-refractivity contribution in [2.75, 3.05) is 40.5 Å². The minimum absolute atomic E-state index is 0.184. The topological polar surface area (TPSA) is 42.5 Å². The van der Waals surface area contributed by atoms with Crippen LogP contribution in [0.1, 0.15) is 20.3 Å².